The Kier molecular flexibility index (Phi) is 11.3. The van der Waals surface area contributed by atoms with E-state index in [1.807, 2.05) is 19.9 Å². The molecule has 4 rings (SSSR count). The molecule has 0 aliphatic carbocycles. The number of halogens is 1. The molecule has 1 aliphatic rings. The van der Waals surface area contributed by atoms with Gasteiger partial charge in [0.2, 0.25) is 0 Å². The van der Waals surface area contributed by atoms with Crippen LogP contribution in [0.3, 0.4) is 0 Å². The molecule has 36 heavy (non-hydrogen) atoms. The fourth-order valence-corrected chi connectivity index (χ4v) is 4.28. The first-order chi connectivity index (χ1) is 17.3. The average Bonchev–Trinajstić information content (AvgIpc) is 2.89. The molecule has 1 saturated heterocycles. The van der Waals surface area contributed by atoms with Crippen molar-refractivity contribution in [1.29, 1.82) is 0 Å². The lowest BCUT2D eigenvalue weighted by atomic mass is 9.89. The fourth-order valence-electron chi connectivity index (χ4n) is 4.28. The van der Waals surface area contributed by atoms with E-state index in [1.54, 1.807) is 19.1 Å². The number of hydrogen-bond donors (Lipinski definition) is 2. The molecule has 2 N–H and O–H groups in total. The van der Waals surface area contributed by atoms with Crippen molar-refractivity contribution < 1.29 is 14.2 Å². The second kappa shape index (κ2) is 13.9. The molecule has 196 valence electrons. The molecule has 0 radical (unpaired) electrons. The average molecular weight is 497 g/mol. The molecule has 3 aromatic rings. The van der Waals surface area contributed by atoms with Crippen molar-refractivity contribution in [2.45, 2.75) is 66.0 Å². The Morgan fingerprint density at radius 2 is 1.86 bits per heavy atom. The third kappa shape index (κ3) is 7.02. The van der Waals surface area contributed by atoms with Gasteiger partial charge in [0.25, 0.3) is 0 Å². The van der Waals surface area contributed by atoms with E-state index in [4.69, 9.17) is 9.84 Å². The molecule has 0 amide bonds. The first kappa shape index (κ1) is 29.2. The van der Waals surface area contributed by atoms with Gasteiger partial charge in [-0.15, -0.1) is 0 Å². The Morgan fingerprint density at radius 1 is 1.19 bits per heavy atom. The Hall–Kier alpha value is -3.03. The number of benzene rings is 2. The van der Waals surface area contributed by atoms with Crippen molar-refractivity contribution >= 4 is 22.4 Å². The Balaban J connectivity index is 0.000000850. The predicted molar refractivity (Wildman–Crippen MR) is 147 cm³/mol. The molecule has 2 heterocycles. The van der Waals surface area contributed by atoms with Crippen LogP contribution in [-0.4, -0.2) is 45.8 Å². The lowest BCUT2D eigenvalue weighted by Gasteiger charge is -2.42. The van der Waals surface area contributed by atoms with Crippen LogP contribution in [0.1, 0.15) is 57.2 Å². The molecule has 7 heteroatoms. The lowest BCUT2D eigenvalue weighted by molar-refractivity contribution is -0.0111. The van der Waals surface area contributed by atoms with Gasteiger partial charge in [-0.3, -0.25) is 4.90 Å². The maximum Gasteiger partial charge on any atom is 0.149 e. The molecular weight excluding hydrogens is 455 g/mol. The van der Waals surface area contributed by atoms with E-state index in [-0.39, 0.29) is 11.4 Å². The molecule has 2 aromatic carbocycles. The molecule has 0 unspecified atom stereocenters. The number of aliphatic hydroxyl groups excluding tert-OH is 1. The summed E-state index contributed by atoms with van der Waals surface area (Å²) in [7, 11) is 2.19. The highest BCUT2D eigenvalue weighted by Crippen LogP contribution is 2.31. The molecule has 0 bridgehead atoms. The maximum atomic E-state index is 14.6. The van der Waals surface area contributed by atoms with Crippen LogP contribution in [0.15, 0.2) is 49.5 Å². The first-order valence-electron chi connectivity index (χ1n) is 12.7. The van der Waals surface area contributed by atoms with E-state index in [0.29, 0.717) is 17.1 Å². The molecule has 0 atom stereocenters. The van der Waals surface area contributed by atoms with Crippen molar-refractivity contribution in [1.82, 2.24) is 14.9 Å². The van der Waals surface area contributed by atoms with Gasteiger partial charge in [-0.25, -0.2) is 14.4 Å². The zero-order valence-corrected chi connectivity index (χ0v) is 22.6. The van der Waals surface area contributed by atoms with E-state index in [9.17, 15) is 4.39 Å². The highest BCUT2D eigenvalue weighted by molar-refractivity contribution is 5.91. The number of nitrogens with zero attached hydrogens (tertiary/aromatic N) is 3. The summed E-state index contributed by atoms with van der Waals surface area (Å²) in [5.74, 6) is 0.366. The zero-order valence-electron chi connectivity index (χ0n) is 22.6. The van der Waals surface area contributed by atoms with E-state index < -0.39 is 0 Å². The summed E-state index contributed by atoms with van der Waals surface area (Å²) in [4.78, 5) is 11.4. The minimum absolute atomic E-state index is 0.122. The normalized spacial score (nSPS) is 14.3. The minimum atomic E-state index is -0.258. The van der Waals surface area contributed by atoms with Gasteiger partial charge in [0.15, 0.2) is 0 Å². The first-order valence-corrected chi connectivity index (χ1v) is 12.7. The van der Waals surface area contributed by atoms with Crippen LogP contribution in [0, 0.1) is 12.7 Å². The Morgan fingerprint density at radius 3 is 2.50 bits per heavy atom. The summed E-state index contributed by atoms with van der Waals surface area (Å²) in [6.45, 7) is 15.6. The van der Waals surface area contributed by atoms with Crippen LogP contribution in [0.2, 0.25) is 0 Å². The van der Waals surface area contributed by atoms with Crippen molar-refractivity contribution in [3.63, 3.8) is 0 Å². The molecule has 0 saturated carbocycles. The van der Waals surface area contributed by atoms with Crippen LogP contribution in [0.5, 0.6) is 0 Å². The molecule has 0 spiro atoms. The molecule has 6 nitrogen and oxygen atoms in total. The third-order valence-electron chi connectivity index (χ3n) is 6.68. The van der Waals surface area contributed by atoms with Crippen molar-refractivity contribution in [2.75, 3.05) is 25.6 Å². The monoisotopic (exact) mass is 496 g/mol. The van der Waals surface area contributed by atoms with E-state index in [0.717, 1.165) is 56.2 Å². The fraction of sp³-hybridized carbons (Fsp3) is 0.448. The number of fused-ring (bicyclic) bond motifs is 1. The molecule has 1 aliphatic heterocycles. The van der Waals surface area contributed by atoms with Crippen molar-refractivity contribution in [2.24, 2.45) is 0 Å². The minimum Gasteiger partial charge on any atom is -0.516 e. The van der Waals surface area contributed by atoms with E-state index >= 15 is 0 Å². The summed E-state index contributed by atoms with van der Waals surface area (Å²) in [5.41, 5.74) is 4.55. The smallest absolute Gasteiger partial charge is 0.149 e. The number of ether oxygens (including phenoxy) is 1. The third-order valence-corrected chi connectivity index (χ3v) is 6.68. The van der Waals surface area contributed by atoms with Gasteiger partial charge in [0.1, 0.15) is 18.0 Å². The van der Waals surface area contributed by atoms with Crippen molar-refractivity contribution in [3.05, 3.63) is 72.0 Å². The Bertz CT molecular complexity index is 1130. The second-order valence-electron chi connectivity index (χ2n) is 8.92. The number of aryl methyl sites for hydroxylation is 2. The molecule has 1 aromatic heterocycles. The summed E-state index contributed by atoms with van der Waals surface area (Å²) in [6, 6.07) is 9.65. The van der Waals surface area contributed by atoms with Crippen LogP contribution >= 0.6 is 0 Å². The zero-order chi connectivity index (χ0) is 26.7. The number of anilines is 2. The lowest BCUT2D eigenvalue weighted by Crippen LogP contribution is -2.47. The number of aromatic nitrogens is 2. The summed E-state index contributed by atoms with van der Waals surface area (Å²) in [6.07, 6.45) is 5.27. The standard InChI is InChI=1S/C25H31FN4O.C2H4O.C2H6/c1-5-18-14-22-20(13-19(18)15-30(4)25(3)9-11-31-12-10-25)24(28-16-27-22)29-21-8-6-7-17(2)23(21)26;1-2-3;1-2/h6-8,13-14,16H,5,9-12,15H2,1-4H3,(H,27,28,29);2-3H,1H2;1-2H3. The summed E-state index contributed by atoms with van der Waals surface area (Å²) >= 11 is 0. The van der Waals surface area contributed by atoms with Gasteiger partial charge in [0.05, 0.1) is 17.5 Å². The number of rotatable bonds is 6. The largest absolute Gasteiger partial charge is 0.516 e. The topological polar surface area (TPSA) is 70.5 Å². The van der Waals surface area contributed by atoms with Gasteiger partial charge in [-0.2, -0.15) is 0 Å². The number of nitrogens with one attached hydrogen (secondary N) is 1. The van der Waals surface area contributed by atoms with Crippen LogP contribution in [0.25, 0.3) is 10.9 Å². The van der Waals surface area contributed by atoms with Crippen molar-refractivity contribution in [3.8, 4) is 0 Å². The highest BCUT2D eigenvalue weighted by atomic mass is 19.1. The van der Waals surface area contributed by atoms with E-state index in [1.165, 1.54) is 17.5 Å². The van der Waals surface area contributed by atoms with Gasteiger partial charge < -0.3 is 15.2 Å². The summed E-state index contributed by atoms with van der Waals surface area (Å²) < 4.78 is 20.2. The molecular formula is C29H41FN4O2. The number of aliphatic hydroxyl groups is 1. The van der Waals surface area contributed by atoms with Crippen LogP contribution in [0.4, 0.5) is 15.9 Å². The second-order valence-corrected chi connectivity index (χ2v) is 8.92. The van der Waals surface area contributed by atoms with Crippen LogP contribution in [-0.2, 0) is 17.7 Å². The van der Waals surface area contributed by atoms with Gasteiger partial charge in [-0.05, 0) is 75.0 Å². The van der Waals surface area contributed by atoms with Crippen LogP contribution < -0.4 is 5.32 Å². The van der Waals surface area contributed by atoms with E-state index in [2.05, 4.69) is 59.8 Å². The molecule has 1 fully saturated rings. The van der Waals surface area contributed by atoms with Gasteiger partial charge >= 0.3 is 0 Å². The quantitative estimate of drug-likeness (QED) is 0.355. The maximum absolute atomic E-state index is 14.6. The summed E-state index contributed by atoms with van der Waals surface area (Å²) in [5, 5.41) is 11.4. The number of hydrogen-bond acceptors (Lipinski definition) is 6. The SMILES string of the molecule is C=CO.CC.CCc1cc2ncnc(Nc3cccc(C)c3F)c2cc1CN(C)C1(C)CCOCC1. The Labute approximate surface area is 215 Å². The van der Waals surface area contributed by atoms with Gasteiger partial charge in [-0.1, -0.05) is 39.5 Å². The van der Waals surface area contributed by atoms with Gasteiger partial charge in [0, 0.05) is 30.7 Å². The highest BCUT2D eigenvalue weighted by Gasteiger charge is 2.31. The predicted octanol–water partition coefficient (Wildman–Crippen LogP) is 7.10.